The van der Waals surface area contributed by atoms with Crippen molar-refractivity contribution < 1.29 is 4.74 Å². The lowest BCUT2D eigenvalue weighted by molar-refractivity contribution is 0.0607. The lowest BCUT2D eigenvalue weighted by atomic mass is 10.1. The monoisotopic (exact) mass is 210 g/mol. The SMILES string of the molecule is CCOC(CC)Cc1cnc(N)nc1N. The minimum Gasteiger partial charge on any atom is -0.383 e. The Morgan fingerprint density at radius 1 is 1.40 bits per heavy atom. The van der Waals surface area contributed by atoms with Gasteiger partial charge < -0.3 is 16.2 Å². The Hall–Kier alpha value is -1.36. The number of aromatic nitrogens is 2. The van der Waals surface area contributed by atoms with Crippen molar-refractivity contribution in [2.75, 3.05) is 18.1 Å². The third-order valence-electron chi connectivity index (χ3n) is 2.22. The fourth-order valence-corrected chi connectivity index (χ4v) is 1.39. The van der Waals surface area contributed by atoms with Crippen LogP contribution in [0.2, 0.25) is 0 Å². The Bertz CT molecular complexity index is 316. The molecular formula is C10H18N4O. The molecule has 1 rings (SSSR count). The van der Waals surface area contributed by atoms with Gasteiger partial charge in [-0.25, -0.2) is 4.98 Å². The Morgan fingerprint density at radius 3 is 2.67 bits per heavy atom. The lowest BCUT2D eigenvalue weighted by Gasteiger charge is -2.15. The van der Waals surface area contributed by atoms with Crippen LogP contribution in [0.5, 0.6) is 0 Å². The first-order valence-electron chi connectivity index (χ1n) is 5.15. The lowest BCUT2D eigenvalue weighted by Crippen LogP contribution is -2.16. The molecule has 1 aromatic heterocycles. The molecule has 84 valence electrons. The Morgan fingerprint density at radius 2 is 2.13 bits per heavy atom. The zero-order valence-electron chi connectivity index (χ0n) is 9.23. The highest BCUT2D eigenvalue weighted by Crippen LogP contribution is 2.14. The van der Waals surface area contributed by atoms with Crippen LogP contribution in [-0.4, -0.2) is 22.7 Å². The average molecular weight is 210 g/mol. The van der Waals surface area contributed by atoms with Crippen molar-refractivity contribution in [1.29, 1.82) is 0 Å². The summed E-state index contributed by atoms with van der Waals surface area (Å²) in [7, 11) is 0. The van der Waals surface area contributed by atoms with Crippen molar-refractivity contribution in [3.63, 3.8) is 0 Å². The van der Waals surface area contributed by atoms with Gasteiger partial charge in [-0.05, 0) is 13.3 Å². The number of nitrogens with zero attached hydrogens (tertiary/aromatic N) is 2. The van der Waals surface area contributed by atoms with Crippen molar-refractivity contribution in [2.45, 2.75) is 32.8 Å². The van der Waals surface area contributed by atoms with Crippen LogP contribution in [0.3, 0.4) is 0 Å². The van der Waals surface area contributed by atoms with E-state index in [1.165, 1.54) is 0 Å². The molecule has 1 unspecified atom stereocenters. The van der Waals surface area contributed by atoms with Crippen molar-refractivity contribution in [2.24, 2.45) is 0 Å². The van der Waals surface area contributed by atoms with Gasteiger partial charge in [-0.1, -0.05) is 6.92 Å². The van der Waals surface area contributed by atoms with E-state index in [9.17, 15) is 0 Å². The van der Waals surface area contributed by atoms with E-state index in [0.29, 0.717) is 12.4 Å². The molecule has 0 aromatic carbocycles. The van der Waals surface area contributed by atoms with Gasteiger partial charge in [0.2, 0.25) is 5.95 Å². The van der Waals surface area contributed by atoms with Crippen LogP contribution < -0.4 is 11.5 Å². The smallest absolute Gasteiger partial charge is 0.221 e. The maximum absolute atomic E-state index is 5.73. The zero-order valence-corrected chi connectivity index (χ0v) is 9.23. The second-order valence-electron chi connectivity index (χ2n) is 3.33. The quantitative estimate of drug-likeness (QED) is 0.757. The van der Waals surface area contributed by atoms with Crippen molar-refractivity contribution >= 4 is 11.8 Å². The fraction of sp³-hybridized carbons (Fsp3) is 0.600. The predicted octanol–water partition coefficient (Wildman–Crippen LogP) is 0.999. The normalized spacial score (nSPS) is 12.7. The van der Waals surface area contributed by atoms with Gasteiger partial charge in [-0.3, -0.25) is 0 Å². The first kappa shape index (κ1) is 11.7. The molecule has 15 heavy (non-hydrogen) atoms. The number of nitrogens with two attached hydrogens (primary N) is 2. The highest BCUT2D eigenvalue weighted by molar-refractivity contribution is 5.41. The van der Waals surface area contributed by atoms with Crippen molar-refractivity contribution in [3.05, 3.63) is 11.8 Å². The molecule has 0 amide bonds. The van der Waals surface area contributed by atoms with E-state index in [0.717, 1.165) is 18.4 Å². The Balaban J connectivity index is 2.70. The topological polar surface area (TPSA) is 87.0 Å². The summed E-state index contributed by atoms with van der Waals surface area (Å²) in [4.78, 5) is 7.83. The van der Waals surface area contributed by atoms with Crippen LogP contribution in [0.4, 0.5) is 11.8 Å². The summed E-state index contributed by atoms with van der Waals surface area (Å²) in [5, 5.41) is 0. The van der Waals surface area contributed by atoms with E-state index in [-0.39, 0.29) is 12.1 Å². The molecule has 0 saturated heterocycles. The number of anilines is 2. The summed E-state index contributed by atoms with van der Waals surface area (Å²) in [5.41, 5.74) is 12.0. The van der Waals surface area contributed by atoms with Gasteiger partial charge in [0.25, 0.3) is 0 Å². The molecule has 0 aliphatic carbocycles. The van der Waals surface area contributed by atoms with Crippen LogP contribution in [-0.2, 0) is 11.2 Å². The average Bonchev–Trinajstić information content (AvgIpc) is 2.21. The van der Waals surface area contributed by atoms with E-state index < -0.39 is 0 Å². The summed E-state index contributed by atoms with van der Waals surface area (Å²) < 4.78 is 5.54. The van der Waals surface area contributed by atoms with E-state index in [2.05, 4.69) is 16.9 Å². The number of hydrogen-bond donors (Lipinski definition) is 2. The van der Waals surface area contributed by atoms with Crippen LogP contribution in [0.1, 0.15) is 25.8 Å². The highest BCUT2D eigenvalue weighted by atomic mass is 16.5. The number of hydrogen-bond acceptors (Lipinski definition) is 5. The molecule has 0 saturated carbocycles. The third-order valence-corrected chi connectivity index (χ3v) is 2.22. The van der Waals surface area contributed by atoms with Gasteiger partial charge in [0.15, 0.2) is 0 Å². The van der Waals surface area contributed by atoms with Gasteiger partial charge in [0.1, 0.15) is 5.82 Å². The fourth-order valence-electron chi connectivity index (χ4n) is 1.39. The Labute approximate surface area is 89.9 Å². The minimum absolute atomic E-state index is 0.171. The van der Waals surface area contributed by atoms with Crippen molar-refractivity contribution in [3.8, 4) is 0 Å². The summed E-state index contributed by atoms with van der Waals surface area (Å²) in [6.07, 6.45) is 3.51. The maximum atomic E-state index is 5.73. The minimum atomic E-state index is 0.171. The third kappa shape index (κ3) is 3.36. The summed E-state index contributed by atoms with van der Waals surface area (Å²) in [6, 6.07) is 0. The van der Waals surface area contributed by atoms with E-state index in [1.807, 2.05) is 6.92 Å². The molecule has 0 fully saturated rings. The van der Waals surface area contributed by atoms with Gasteiger partial charge in [0.05, 0.1) is 6.10 Å². The van der Waals surface area contributed by atoms with E-state index in [1.54, 1.807) is 6.20 Å². The molecule has 1 heterocycles. The van der Waals surface area contributed by atoms with Crippen LogP contribution in [0, 0.1) is 0 Å². The molecule has 5 heteroatoms. The predicted molar refractivity (Wildman–Crippen MR) is 60.3 cm³/mol. The molecule has 0 aliphatic rings. The molecule has 4 N–H and O–H groups in total. The molecule has 0 aliphatic heterocycles. The number of ether oxygens (including phenoxy) is 1. The summed E-state index contributed by atoms with van der Waals surface area (Å²) in [6.45, 7) is 4.76. The maximum Gasteiger partial charge on any atom is 0.221 e. The number of rotatable bonds is 5. The molecule has 5 nitrogen and oxygen atoms in total. The molecule has 1 aromatic rings. The molecule has 1 atom stereocenters. The highest BCUT2D eigenvalue weighted by Gasteiger charge is 2.10. The second-order valence-corrected chi connectivity index (χ2v) is 3.33. The zero-order chi connectivity index (χ0) is 11.3. The van der Waals surface area contributed by atoms with Gasteiger partial charge in [0, 0.05) is 24.8 Å². The van der Waals surface area contributed by atoms with Crippen molar-refractivity contribution in [1.82, 2.24) is 9.97 Å². The first-order valence-corrected chi connectivity index (χ1v) is 5.15. The second kappa shape index (κ2) is 5.50. The Kier molecular flexibility index (Phi) is 4.30. The summed E-state index contributed by atoms with van der Waals surface area (Å²) >= 11 is 0. The van der Waals surface area contributed by atoms with Gasteiger partial charge in [-0.2, -0.15) is 4.98 Å². The van der Waals surface area contributed by atoms with Crippen LogP contribution in [0.15, 0.2) is 6.20 Å². The van der Waals surface area contributed by atoms with Crippen LogP contribution >= 0.6 is 0 Å². The summed E-state index contributed by atoms with van der Waals surface area (Å²) in [5.74, 6) is 0.654. The first-order chi connectivity index (χ1) is 7.17. The van der Waals surface area contributed by atoms with Gasteiger partial charge in [-0.15, -0.1) is 0 Å². The van der Waals surface area contributed by atoms with Gasteiger partial charge >= 0.3 is 0 Å². The largest absolute Gasteiger partial charge is 0.383 e. The van der Waals surface area contributed by atoms with Crippen LogP contribution in [0.25, 0.3) is 0 Å². The van der Waals surface area contributed by atoms with E-state index >= 15 is 0 Å². The molecule has 0 spiro atoms. The number of nitrogen functional groups attached to an aromatic ring is 2. The standard InChI is InChI=1S/C10H18N4O/c1-3-8(15-4-2)5-7-6-13-10(12)14-9(7)11/h6,8H,3-5H2,1-2H3,(H4,11,12,13,14). The van der Waals surface area contributed by atoms with E-state index in [4.69, 9.17) is 16.2 Å². The molecule has 0 radical (unpaired) electrons. The molecule has 0 bridgehead atoms. The molecular weight excluding hydrogens is 192 g/mol.